The van der Waals surface area contributed by atoms with Gasteiger partial charge in [0.05, 0.1) is 24.3 Å². The molecule has 0 spiro atoms. The van der Waals surface area contributed by atoms with Crippen molar-refractivity contribution in [3.05, 3.63) is 41.8 Å². The summed E-state index contributed by atoms with van der Waals surface area (Å²) in [5.41, 5.74) is 8.47. The zero-order valence-electron chi connectivity index (χ0n) is 10.8. The molecular formula is C15H18ClN3. The van der Waals surface area contributed by atoms with E-state index in [-0.39, 0.29) is 6.04 Å². The van der Waals surface area contributed by atoms with E-state index < -0.39 is 0 Å². The monoisotopic (exact) mass is 275 g/mol. The van der Waals surface area contributed by atoms with Gasteiger partial charge in [-0.25, -0.2) is 4.98 Å². The van der Waals surface area contributed by atoms with Gasteiger partial charge in [0.25, 0.3) is 0 Å². The summed E-state index contributed by atoms with van der Waals surface area (Å²) in [6, 6.07) is 8.47. The summed E-state index contributed by atoms with van der Waals surface area (Å²) in [6.45, 7) is 0. The van der Waals surface area contributed by atoms with E-state index in [0.717, 1.165) is 29.1 Å². The van der Waals surface area contributed by atoms with Crippen molar-refractivity contribution in [2.75, 3.05) is 0 Å². The van der Waals surface area contributed by atoms with Gasteiger partial charge in [0.15, 0.2) is 0 Å². The van der Waals surface area contributed by atoms with Crippen LogP contribution in [0.5, 0.6) is 0 Å². The lowest BCUT2D eigenvalue weighted by atomic mass is 9.90. The minimum atomic E-state index is 0.223. The van der Waals surface area contributed by atoms with Crippen LogP contribution in [-0.2, 0) is 0 Å². The smallest absolute Gasteiger partial charge is 0.0954 e. The number of halogens is 1. The quantitative estimate of drug-likeness (QED) is 0.909. The second kappa shape index (κ2) is 5.35. The molecule has 1 aliphatic carbocycles. The fourth-order valence-electron chi connectivity index (χ4n) is 2.93. The maximum absolute atomic E-state index is 6.27. The van der Waals surface area contributed by atoms with Crippen molar-refractivity contribution in [2.24, 2.45) is 5.73 Å². The van der Waals surface area contributed by atoms with Gasteiger partial charge in [-0.2, -0.15) is 0 Å². The van der Waals surface area contributed by atoms with Crippen molar-refractivity contribution in [1.29, 1.82) is 0 Å². The van der Waals surface area contributed by atoms with Crippen molar-refractivity contribution in [3.8, 4) is 11.3 Å². The number of benzene rings is 1. The Labute approximate surface area is 118 Å². The Kier molecular flexibility index (Phi) is 3.58. The Balaban J connectivity index is 1.98. The maximum atomic E-state index is 6.27. The van der Waals surface area contributed by atoms with Gasteiger partial charge in [-0.15, -0.1) is 0 Å². The van der Waals surface area contributed by atoms with Crippen LogP contribution in [-0.4, -0.2) is 15.6 Å². The Morgan fingerprint density at radius 3 is 2.89 bits per heavy atom. The van der Waals surface area contributed by atoms with E-state index >= 15 is 0 Å². The molecule has 1 aliphatic rings. The number of aromatic nitrogens is 2. The first-order chi connectivity index (χ1) is 9.25. The molecule has 2 aromatic rings. The van der Waals surface area contributed by atoms with Gasteiger partial charge in [0, 0.05) is 16.6 Å². The van der Waals surface area contributed by atoms with Gasteiger partial charge in [-0.1, -0.05) is 36.6 Å². The van der Waals surface area contributed by atoms with Crippen LogP contribution >= 0.6 is 11.6 Å². The summed E-state index contributed by atoms with van der Waals surface area (Å²) >= 11 is 6.07. The van der Waals surface area contributed by atoms with Crippen LogP contribution in [0.3, 0.4) is 0 Å². The van der Waals surface area contributed by atoms with E-state index in [1.54, 1.807) is 0 Å². The summed E-state index contributed by atoms with van der Waals surface area (Å²) in [7, 11) is 0. The number of rotatable bonds is 2. The Morgan fingerprint density at radius 1 is 1.26 bits per heavy atom. The molecule has 4 heteroatoms. The van der Waals surface area contributed by atoms with E-state index in [1.807, 2.05) is 30.7 Å². The zero-order valence-corrected chi connectivity index (χ0v) is 11.6. The number of nitrogens with zero attached hydrogens (tertiary/aromatic N) is 2. The van der Waals surface area contributed by atoms with Crippen LogP contribution in [0.2, 0.25) is 5.02 Å². The minimum Gasteiger partial charge on any atom is -0.326 e. The van der Waals surface area contributed by atoms with Crippen LogP contribution in [0.15, 0.2) is 36.8 Å². The molecule has 3 rings (SSSR count). The molecule has 3 nitrogen and oxygen atoms in total. The van der Waals surface area contributed by atoms with Gasteiger partial charge in [0.2, 0.25) is 0 Å². The molecule has 1 fully saturated rings. The van der Waals surface area contributed by atoms with Crippen LogP contribution < -0.4 is 5.73 Å². The number of hydrogen-bond acceptors (Lipinski definition) is 2. The number of imidazole rings is 1. The van der Waals surface area contributed by atoms with E-state index in [2.05, 4.69) is 15.6 Å². The summed E-state index contributed by atoms with van der Waals surface area (Å²) < 4.78 is 2.22. The molecule has 1 aromatic carbocycles. The third kappa shape index (κ3) is 2.53. The van der Waals surface area contributed by atoms with Gasteiger partial charge >= 0.3 is 0 Å². The van der Waals surface area contributed by atoms with Crippen molar-refractivity contribution in [1.82, 2.24) is 9.55 Å². The van der Waals surface area contributed by atoms with E-state index in [9.17, 15) is 0 Å². The zero-order chi connectivity index (χ0) is 13.2. The fraction of sp³-hybridized carbons (Fsp3) is 0.400. The second-order valence-corrected chi connectivity index (χ2v) is 5.65. The largest absolute Gasteiger partial charge is 0.326 e. The highest BCUT2D eigenvalue weighted by Crippen LogP contribution is 2.32. The standard InChI is InChI=1S/C15H18ClN3/c16-12-5-3-4-11(8-12)15-9-18-10-19(15)14-7-2-1-6-13(14)17/h3-5,8-10,13-14H,1-2,6-7,17H2/t13-,14-/m1/s1. The molecule has 1 aromatic heterocycles. The van der Waals surface area contributed by atoms with Crippen LogP contribution in [0.1, 0.15) is 31.7 Å². The summed E-state index contributed by atoms with van der Waals surface area (Å²) in [5, 5.41) is 0.748. The molecule has 0 unspecified atom stereocenters. The highest BCUT2D eigenvalue weighted by molar-refractivity contribution is 6.30. The highest BCUT2D eigenvalue weighted by atomic mass is 35.5. The molecular weight excluding hydrogens is 258 g/mol. The first-order valence-corrected chi connectivity index (χ1v) is 7.17. The average Bonchev–Trinajstić information content (AvgIpc) is 2.88. The maximum Gasteiger partial charge on any atom is 0.0954 e. The molecule has 100 valence electrons. The fourth-order valence-corrected chi connectivity index (χ4v) is 3.12. The van der Waals surface area contributed by atoms with Crippen molar-refractivity contribution in [3.63, 3.8) is 0 Å². The third-order valence-corrected chi connectivity index (χ3v) is 4.16. The minimum absolute atomic E-state index is 0.223. The first kappa shape index (κ1) is 12.7. The molecule has 0 radical (unpaired) electrons. The topological polar surface area (TPSA) is 43.8 Å². The van der Waals surface area contributed by atoms with Crippen molar-refractivity contribution < 1.29 is 0 Å². The molecule has 0 amide bonds. The summed E-state index contributed by atoms with van der Waals surface area (Å²) in [6.07, 6.45) is 8.49. The van der Waals surface area contributed by atoms with E-state index in [4.69, 9.17) is 17.3 Å². The number of nitrogens with two attached hydrogens (primary N) is 1. The highest BCUT2D eigenvalue weighted by Gasteiger charge is 2.25. The van der Waals surface area contributed by atoms with Gasteiger partial charge < -0.3 is 10.3 Å². The SMILES string of the molecule is N[C@@H]1CCCC[C@H]1n1cncc1-c1cccc(Cl)c1. The summed E-state index contributed by atoms with van der Waals surface area (Å²) in [5.74, 6) is 0. The van der Waals surface area contributed by atoms with E-state index in [1.165, 1.54) is 12.8 Å². The third-order valence-electron chi connectivity index (χ3n) is 3.93. The van der Waals surface area contributed by atoms with Crippen LogP contribution in [0.25, 0.3) is 11.3 Å². The number of hydrogen-bond donors (Lipinski definition) is 1. The molecule has 0 bridgehead atoms. The molecule has 2 N–H and O–H groups in total. The molecule has 0 aliphatic heterocycles. The van der Waals surface area contributed by atoms with Crippen molar-refractivity contribution >= 4 is 11.6 Å². The molecule has 2 atom stereocenters. The van der Waals surface area contributed by atoms with Crippen molar-refractivity contribution in [2.45, 2.75) is 37.8 Å². The van der Waals surface area contributed by atoms with Crippen LogP contribution in [0, 0.1) is 0 Å². The average molecular weight is 276 g/mol. The first-order valence-electron chi connectivity index (χ1n) is 6.79. The lowest BCUT2D eigenvalue weighted by Gasteiger charge is -2.30. The predicted octanol–water partition coefficient (Wildman–Crippen LogP) is 3.65. The summed E-state index contributed by atoms with van der Waals surface area (Å²) in [4.78, 5) is 4.30. The molecule has 0 saturated heterocycles. The lowest BCUT2D eigenvalue weighted by molar-refractivity contribution is 0.308. The van der Waals surface area contributed by atoms with Crippen LogP contribution in [0.4, 0.5) is 0 Å². The van der Waals surface area contributed by atoms with Gasteiger partial charge in [-0.3, -0.25) is 0 Å². The van der Waals surface area contributed by atoms with E-state index in [0.29, 0.717) is 6.04 Å². The molecule has 1 heterocycles. The molecule has 1 saturated carbocycles. The Hall–Kier alpha value is -1.32. The predicted molar refractivity (Wildman–Crippen MR) is 78.2 cm³/mol. The normalized spacial score (nSPS) is 23.5. The lowest BCUT2D eigenvalue weighted by Crippen LogP contribution is -2.35. The molecule has 19 heavy (non-hydrogen) atoms. The Bertz CT molecular complexity index is 564. The Morgan fingerprint density at radius 2 is 2.11 bits per heavy atom. The van der Waals surface area contributed by atoms with Gasteiger partial charge in [-0.05, 0) is 25.0 Å². The second-order valence-electron chi connectivity index (χ2n) is 5.21. The van der Waals surface area contributed by atoms with Gasteiger partial charge in [0.1, 0.15) is 0 Å².